The van der Waals surface area contributed by atoms with Crippen molar-refractivity contribution in [3.8, 4) is 0 Å². The van der Waals surface area contributed by atoms with Crippen LogP contribution >= 0.6 is 27.3 Å². The van der Waals surface area contributed by atoms with Gasteiger partial charge in [-0.25, -0.2) is 0 Å². The van der Waals surface area contributed by atoms with Crippen LogP contribution in [0.5, 0.6) is 0 Å². The van der Waals surface area contributed by atoms with Gasteiger partial charge in [-0.3, -0.25) is 9.59 Å². The number of nitrogens with one attached hydrogen (secondary N) is 1. The fourth-order valence-corrected chi connectivity index (χ4v) is 3.39. The van der Waals surface area contributed by atoms with Crippen LogP contribution in [0.25, 0.3) is 0 Å². The van der Waals surface area contributed by atoms with Crippen molar-refractivity contribution in [1.82, 2.24) is 4.90 Å². The van der Waals surface area contributed by atoms with Crippen molar-refractivity contribution in [2.45, 2.75) is 6.54 Å². The van der Waals surface area contributed by atoms with Gasteiger partial charge in [0.2, 0.25) is 0 Å². The molecule has 0 fully saturated rings. The highest BCUT2D eigenvalue weighted by atomic mass is 79.9. The van der Waals surface area contributed by atoms with Gasteiger partial charge in [0.05, 0.1) is 16.1 Å². The molecule has 1 N–H and O–H groups in total. The number of nitrogens with zero attached hydrogens (tertiary/aromatic N) is 1. The minimum atomic E-state index is -0.339. The second kappa shape index (κ2) is 7.67. The molecule has 0 saturated carbocycles. The zero-order valence-corrected chi connectivity index (χ0v) is 15.8. The van der Waals surface area contributed by atoms with Crippen molar-refractivity contribution >= 4 is 44.1 Å². The maximum Gasteiger partial charge on any atom is 0.291 e. The molecule has 3 aromatic rings. The smallest absolute Gasteiger partial charge is 0.291 e. The number of carbonyl (C=O) groups excluding carboxylic acids is 2. The molecule has 128 valence electrons. The Balaban J connectivity index is 1.63. The predicted octanol–water partition coefficient (Wildman–Crippen LogP) is 4.63. The number of halogens is 1. The van der Waals surface area contributed by atoms with Crippen LogP contribution < -0.4 is 5.32 Å². The Morgan fingerprint density at radius 2 is 1.92 bits per heavy atom. The lowest BCUT2D eigenvalue weighted by molar-refractivity contribution is 0.0789. The monoisotopic (exact) mass is 418 g/mol. The largest absolute Gasteiger partial charge is 0.459 e. The fourth-order valence-electron chi connectivity index (χ4n) is 2.22. The van der Waals surface area contributed by atoms with Gasteiger partial charge in [0.25, 0.3) is 11.8 Å². The molecular weight excluding hydrogens is 404 g/mol. The first-order valence-electron chi connectivity index (χ1n) is 7.47. The molecule has 0 radical (unpaired) electrons. The van der Waals surface area contributed by atoms with Gasteiger partial charge in [0.15, 0.2) is 5.76 Å². The van der Waals surface area contributed by atoms with Crippen molar-refractivity contribution in [2.24, 2.45) is 0 Å². The Kier molecular flexibility index (Phi) is 5.35. The number of benzene rings is 1. The van der Waals surface area contributed by atoms with Gasteiger partial charge in [-0.05, 0) is 42.0 Å². The van der Waals surface area contributed by atoms with Gasteiger partial charge in [-0.15, -0.1) is 11.3 Å². The lowest BCUT2D eigenvalue weighted by Crippen LogP contribution is -2.25. The van der Waals surface area contributed by atoms with E-state index in [1.165, 1.54) is 17.6 Å². The Bertz CT molecular complexity index is 872. The molecule has 0 unspecified atom stereocenters. The number of amides is 2. The molecule has 2 amide bonds. The third-order valence-corrected chi connectivity index (χ3v) is 5.00. The van der Waals surface area contributed by atoms with Crippen LogP contribution in [0.4, 0.5) is 5.00 Å². The zero-order chi connectivity index (χ0) is 17.8. The molecule has 0 aliphatic carbocycles. The van der Waals surface area contributed by atoms with Gasteiger partial charge in [-0.1, -0.05) is 28.1 Å². The first-order valence-corrected chi connectivity index (χ1v) is 9.08. The first kappa shape index (κ1) is 17.4. The number of hydrogen-bond donors (Lipinski definition) is 1. The molecular formula is C18H15BrN2O3S. The highest BCUT2D eigenvalue weighted by Crippen LogP contribution is 2.24. The van der Waals surface area contributed by atoms with Crippen molar-refractivity contribution in [2.75, 3.05) is 12.4 Å². The van der Waals surface area contributed by atoms with E-state index in [2.05, 4.69) is 21.2 Å². The van der Waals surface area contributed by atoms with E-state index < -0.39 is 0 Å². The standard InChI is InChI=1S/C18H15BrN2O3S/c1-21(11-12-4-6-13(19)7-5-12)18(23)15-8-9-16(25-15)20-17(22)14-3-2-10-24-14/h2-10H,11H2,1H3,(H,20,22). The summed E-state index contributed by atoms with van der Waals surface area (Å²) >= 11 is 4.63. The van der Waals surface area contributed by atoms with Crippen LogP contribution in [-0.2, 0) is 6.54 Å². The SMILES string of the molecule is CN(Cc1ccc(Br)cc1)C(=O)c1ccc(NC(=O)c2ccco2)s1. The van der Waals surface area contributed by atoms with Gasteiger partial charge in [-0.2, -0.15) is 0 Å². The number of carbonyl (C=O) groups is 2. The van der Waals surface area contributed by atoms with Gasteiger partial charge < -0.3 is 14.6 Å². The summed E-state index contributed by atoms with van der Waals surface area (Å²) in [5, 5.41) is 3.32. The quantitative estimate of drug-likeness (QED) is 0.656. The normalized spacial score (nSPS) is 10.5. The Morgan fingerprint density at radius 1 is 1.16 bits per heavy atom. The maximum atomic E-state index is 12.5. The summed E-state index contributed by atoms with van der Waals surface area (Å²) in [5.41, 5.74) is 1.04. The van der Waals surface area contributed by atoms with Gasteiger partial charge in [0.1, 0.15) is 0 Å². The maximum absolute atomic E-state index is 12.5. The number of rotatable bonds is 5. The number of anilines is 1. The van der Waals surface area contributed by atoms with E-state index >= 15 is 0 Å². The van der Waals surface area contributed by atoms with E-state index in [1.54, 1.807) is 36.2 Å². The summed E-state index contributed by atoms with van der Waals surface area (Å²) in [4.78, 5) is 26.7. The topological polar surface area (TPSA) is 62.6 Å². The lowest BCUT2D eigenvalue weighted by Gasteiger charge is -2.16. The van der Waals surface area contributed by atoms with Crippen LogP contribution in [0, 0.1) is 0 Å². The number of furan rings is 1. The molecule has 1 aromatic carbocycles. The summed E-state index contributed by atoms with van der Waals surface area (Å²) in [7, 11) is 1.76. The van der Waals surface area contributed by atoms with Crippen LogP contribution in [-0.4, -0.2) is 23.8 Å². The fraction of sp³-hybridized carbons (Fsp3) is 0.111. The Hall–Kier alpha value is -2.38. The van der Waals surface area contributed by atoms with Crippen molar-refractivity contribution in [3.05, 3.63) is 75.5 Å². The molecule has 0 bridgehead atoms. The molecule has 0 spiro atoms. The van der Waals surface area contributed by atoms with Gasteiger partial charge in [0, 0.05) is 18.1 Å². The number of thiophene rings is 1. The molecule has 5 nitrogen and oxygen atoms in total. The average Bonchev–Trinajstić information content (AvgIpc) is 3.28. The molecule has 0 aliphatic heterocycles. The van der Waals surface area contributed by atoms with Crippen LogP contribution in [0.2, 0.25) is 0 Å². The second-order valence-electron chi connectivity index (χ2n) is 5.38. The Labute approximate surface area is 157 Å². The van der Waals surface area contributed by atoms with Crippen molar-refractivity contribution < 1.29 is 14.0 Å². The van der Waals surface area contributed by atoms with E-state index in [0.29, 0.717) is 16.4 Å². The molecule has 7 heteroatoms. The highest BCUT2D eigenvalue weighted by molar-refractivity contribution is 9.10. The van der Waals surface area contributed by atoms with E-state index in [-0.39, 0.29) is 17.6 Å². The molecule has 2 heterocycles. The van der Waals surface area contributed by atoms with Crippen LogP contribution in [0.3, 0.4) is 0 Å². The molecule has 25 heavy (non-hydrogen) atoms. The van der Waals surface area contributed by atoms with Crippen LogP contribution in [0.15, 0.2) is 63.7 Å². The van der Waals surface area contributed by atoms with Crippen LogP contribution in [0.1, 0.15) is 25.8 Å². The minimum absolute atomic E-state index is 0.0913. The van der Waals surface area contributed by atoms with Gasteiger partial charge >= 0.3 is 0 Å². The summed E-state index contributed by atoms with van der Waals surface area (Å²) in [6.07, 6.45) is 1.44. The van der Waals surface area contributed by atoms with E-state index in [9.17, 15) is 9.59 Å². The van der Waals surface area contributed by atoms with Crippen molar-refractivity contribution in [1.29, 1.82) is 0 Å². The lowest BCUT2D eigenvalue weighted by atomic mass is 10.2. The first-order chi connectivity index (χ1) is 12.0. The summed E-state index contributed by atoms with van der Waals surface area (Å²) in [6.45, 7) is 0.512. The zero-order valence-electron chi connectivity index (χ0n) is 13.4. The van der Waals surface area contributed by atoms with E-state index in [0.717, 1.165) is 10.0 Å². The van der Waals surface area contributed by atoms with E-state index in [4.69, 9.17) is 4.42 Å². The Morgan fingerprint density at radius 3 is 2.60 bits per heavy atom. The summed E-state index contributed by atoms with van der Waals surface area (Å²) in [6, 6.07) is 14.5. The number of hydrogen-bond acceptors (Lipinski definition) is 4. The minimum Gasteiger partial charge on any atom is -0.459 e. The van der Waals surface area contributed by atoms with E-state index in [1.807, 2.05) is 24.3 Å². The molecule has 0 atom stereocenters. The predicted molar refractivity (Wildman–Crippen MR) is 101 cm³/mol. The van der Waals surface area contributed by atoms with Crippen molar-refractivity contribution in [3.63, 3.8) is 0 Å². The average molecular weight is 419 g/mol. The highest BCUT2D eigenvalue weighted by Gasteiger charge is 2.16. The summed E-state index contributed by atoms with van der Waals surface area (Å²) < 4.78 is 6.05. The third kappa shape index (κ3) is 4.37. The molecule has 0 saturated heterocycles. The molecule has 2 aromatic heterocycles. The second-order valence-corrected chi connectivity index (χ2v) is 7.38. The molecule has 0 aliphatic rings. The third-order valence-electron chi connectivity index (χ3n) is 3.48. The molecule has 3 rings (SSSR count). The summed E-state index contributed by atoms with van der Waals surface area (Å²) in [5.74, 6) is -0.200.